The first kappa shape index (κ1) is 15.3. The van der Waals surface area contributed by atoms with Crippen LogP contribution in [0.1, 0.15) is 6.42 Å². The lowest BCUT2D eigenvalue weighted by molar-refractivity contribution is 0.156. The normalized spacial score (nSPS) is 9.74. The molecular weight excluding hydrogens is 266 g/mol. The smallest absolute Gasteiger partial charge is 0.321 e. The Morgan fingerprint density at radius 2 is 2.11 bits per heavy atom. The monoisotopic (exact) mass is 281 g/mol. The Labute approximate surface area is 117 Å². The summed E-state index contributed by atoms with van der Waals surface area (Å²) < 4.78 is 4.95. The molecule has 0 fully saturated rings. The number of nitrogens with zero attached hydrogens (tertiary/aromatic N) is 2. The summed E-state index contributed by atoms with van der Waals surface area (Å²) in [7, 11) is 1.57. The number of nitrogens with one attached hydrogen (secondary N) is 1. The van der Waals surface area contributed by atoms with Crippen LogP contribution in [0, 0.1) is 11.3 Å². The largest absolute Gasteiger partial charge is 0.383 e. The quantitative estimate of drug-likeness (QED) is 0.872. The Morgan fingerprint density at radius 3 is 2.68 bits per heavy atom. The van der Waals surface area contributed by atoms with Crippen molar-refractivity contribution >= 4 is 23.3 Å². The summed E-state index contributed by atoms with van der Waals surface area (Å²) in [5.41, 5.74) is 0.661. The molecule has 0 aromatic heterocycles. The molecular formula is C13H16ClN3O2. The zero-order valence-corrected chi connectivity index (χ0v) is 11.5. The minimum absolute atomic E-state index is 0.255. The lowest BCUT2D eigenvalue weighted by Gasteiger charge is -2.21. The number of anilines is 1. The Morgan fingerprint density at radius 1 is 1.42 bits per heavy atom. The van der Waals surface area contributed by atoms with E-state index in [1.54, 1.807) is 36.3 Å². The number of urea groups is 1. The molecule has 0 aliphatic rings. The Hall–Kier alpha value is -1.77. The molecule has 1 aromatic carbocycles. The fraction of sp³-hybridized carbons (Fsp3) is 0.385. The van der Waals surface area contributed by atoms with E-state index in [0.717, 1.165) is 0 Å². The highest BCUT2D eigenvalue weighted by Crippen LogP contribution is 2.13. The van der Waals surface area contributed by atoms with Gasteiger partial charge in [0.25, 0.3) is 0 Å². The van der Waals surface area contributed by atoms with E-state index in [1.807, 2.05) is 6.07 Å². The van der Waals surface area contributed by atoms with Gasteiger partial charge < -0.3 is 15.0 Å². The minimum Gasteiger partial charge on any atom is -0.383 e. The first-order valence-electron chi connectivity index (χ1n) is 5.84. The number of amides is 2. The van der Waals surface area contributed by atoms with Crippen LogP contribution in [-0.4, -0.2) is 37.7 Å². The number of hydrogen-bond acceptors (Lipinski definition) is 3. The number of ether oxygens (including phenoxy) is 1. The van der Waals surface area contributed by atoms with Crippen LogP contribution < -0.4 is 5.32 Å². The van der Waals surface area contributed by atoms with Gasteiger partial charge in [0.2, 0.25) is 0 Å². The number of rotatable bonds is 6. The van der Waals surface area contributed by atoms with Crippen LogP contribution in [0.25, 0.3) is 0 Å². The molecule has 0 atom stereocenters. The second kappa shape index (κ2) is 8.35. The zero-order chi connectivity index (χ0) is 14.1. The summed E-state index contributed by atoms with van der Waals surface area (Å²) in [6, 6.07) is 8.61. The van der Waals surface area contributed by atoms with Crippen molar-refractivity contribution in [1.82, 2.24) is 4.90 Å². The van der Waals surface area contributed by atoms with Crippen LogP contribution in [-0.2, 0) is 4.74 Å². The number of hydrogen-bond donors (Lipinski definition) is 1. The maximum Gasteiger partial charge on any atom is 0.321 e. The third-order valence-corrected chi connectivity index (χ3v) is 2.69. The highest BCUT2D eigenvalue weighted by Gasteiger charge is 2.12. The van der Waals surface area contributed by atoms with E-state index >= 15 is 0 Å². The summed E-state index contributed by atoms with van der Waals surface area (Å²) in [6.45, 7) is 1.25. The van der Waals surface area contributed by atoms with Gasteiger partial charge >= 0.3 is 6.03 Å². The molecule has 0 aliphatic heterocycles. The van der Waals surface area contributed by atoms with Crippen molar-refractivity contribution in [2.75, 3.05) is 32.1 Å². The summed E-state index contributed by atoms with van der Waals surface area (Å²) in [5.74, 6) is 0. The van der Waals surface area contributed by atoms with E-state index in [-0.39, 0.29) is 12.5 Å². The van der Waals surface area contributed by atoms with Crippen molar-refractivity contribution in [3.63, 3.8) is 0 Å². The van der Waals surface area contributed by atoms with Gasteiger partial charge in [-0.2, -0.15) is 5.26 Å². The molecule has 6 heteroatoms. The maximum absolute atomic E-state index is 12.0. The zero-order valence-electron chi connectivity index (χ0n) is 10.7. The number of halogens is 1. The molecule has 0 heterocycles. The molecule has 1 N–H and O–H groups in total. The van der Waals surface area contributed by atoms with E-state index in [0.29, 0.717) is 30.4 Å². The number of methoxy groups -OCH3 is 1. The van der Waals surface area contributed by atoms with E-state index < -0.39 is 0 Å². The van der Waals surface area contributed by atoms with Gasteiger partial charge in [0, 0.05) is 30.9 Å². The topological polar surface area (TPSA) is 65.4 Å². The summed E-state index contributed by atoms with van der Waals surface area (Å²) in [5, 5.41) is 11.9. The van der Waals surface area contributed by atoms with Gasteiger partial charge in [0.1, 0.15) is 0 Å². The van der Waals surface area contributed by atoms with E-state index in [1.165, 1.54) is 0 Å². The van der Waals surface area contributed by atoms with Crippen molar-refractivity contribution in [1.29, 1.82) is 5.26 Å². The molecule has 5 nitrogen and oxygen atoms in total. The molecule has 0 unspecified atom stereocenters. The molecule has 19 heavy (non-hydrogen) atoms. The molecule has 1 rings (SSSR count). The second-order valence-electron chi connectivity index (χ2n) is 3.83. The molecule has 1 aromatic rings. The van der Waals surface area contributed by atoms with Crippen LogP contribution in [0.2, 0.25) is 5.02 Å². The fourth-order valence-corrected chi connectivity index (χ4v) is 1.56. The van der Waals surface area contributed by atoms with E-state index in [2.05, 4.69) is 5.32 Å². The molecule has 0 bridgehead atoms. The highest BCUT2D eigenvalue weighted by atomic mass is 35.5. The van der Waals surface area contributed by atoms with Crippen molar-refractivity contribution in [2.45, 2.75) is 6.42 Å². The van der Waals surface area contributed by atoms with E-state index in [4.69, 9.17) is 21.6 Å². The predicted octanol–water partition coefficient (Wildman–Crippen LogP) is 2.73. The van der Waals surface area contributed by atoms with Crippen LogP contribution >= 0.6 is 11.6 Å². The SMILES string of the molecule is COCCN(CCC#N)C(=O)Nc1ccc(Cl)cc1. The van der Waals surface area contributed by atoms with Crippen molar-refractivity contribution in [3.8, 4) is 6.07 Å². The molecule has 0 saturated heterocycles. The minimum atomic E-state index is -0.255. The fourth-order valence-electron chi connectivity index (χ4n) is 1.44. The van der Waals surface area contributed by atoms with Crippen molar-refractivity contribution in [3.05, 3.63) is 29.3 Å². The first-order chi connectivity index (χ1) is 9.17. The highest BCUT2D eigenvalue weighted by molar-refractivity contribution is 6.30. The number of nitriles is 1. The summed E-state index contributed by atoms with van der Waals surface area (Å²) in [6.07, 6.45) is 0.289. The number of benzene rings is 1. The van der Waals surface area contributed by atoms with Gasteiger partial charge in [-0.15, -0.1) is 0 Å². The average molecular weight is 282 g/mol. The molecule has 2 amide bonds. The second-order valence-corrected chi connectivity index (χ2v) is 4.26. The standard InChI is InChI=1S/C13H16ClN3O2/c1-19-10-9-17(8-2-7-15)13(18)16-12-5-3-11(14)4-6-12/h3-6H,2,8-10H2,1H3,(H,16,18). The van der Waals surface area contributed by atoms with Crippen molar-refractivity contribution in [2.24, 2.45) is 0 Å². The van der Waals surface area contributed by atoms with Gasteiger partial charge in [-0.1, -0.05) is 11.6 Å². The summed E-state index contributed by atoms with van der Waals surface area (Å²) in [4.78, 5) is 13.6. The molecule has 0 radical (unpaired) electrons. The van der Waals surface area contributed by atoms with Crippen LogP contribution in [0.15, 0.2) is 24.3 Å². The average Bonchev–Trinajstić information content (AvgIpc) is 2.41. The Kier molecular flexibility index (Phi) is 6.72. The third kappa shape index (κ3) is 5.60. The number of carbonyl (C=O) groups excluding carboxylic acids is 1. The van der Waals surface area contributed by atoms with Crippen LogP contribution in [0.4, 0.5) is 10.5 Å². The van der Waals surface area contributed by atoms with Gasteiger partial charge in [0.15, 0.2) is 0 Å². The molecule has 0 aliphatic carbocycles. The van der Waals surface area contributed by atoms with E-state index in [9.17, 15) is 4.79 Å². The van der Waals surface area contributed by atoms with Gasteiger partial charge in [-0.25, -0.2) is 4.79 Å². The third-order valence-electron chi connectivity index (χ3n) is 2.44. The first-order valence-corrected chi connectivity index (χ1v) is 6.22. The number of carbonyl (C=O) groups is 1. The summed E-state index contributed by atoms with van der Waals surface area (Å²) >= 11 is 5.77. The molecule has 0 spiro atoms. The van der Waals surface area contributed by atoms with Gasteiger partial charge in [-0.3, -0.25) is 0 Å². The van der Waals surface area contributed by atoms with Crippen molar-refractivity contribution < 1.29 is 9.53 Å². The van der Waals surface area contributed by atoms with Crippen LogP contribution in [0.5, 0.6) is 0 Å². The van der Waals surface area contributed by atoms with Crippen LogP contribution in [0.3, 0.4) is 0 Å². The van der Waals surface area contributed by atoms with Gasteiger partial charge in [0.05, 0.1) is 19.1 Å². The Balaban J connectivity index is 2.59. The molecule has 0 saturated carbocycles. The Bertz CT molecular complexity index is 442. The predicted molar refractivity (Wildman–Crippen MR) is 74.1 cm³/mol. The van der Waals surface area contributed by atoms with Gasteiger partial charge in [-0.05, 0) is 24.3 Å². The molecule has 102 valence electrons. The lowest BCUT2D eigenvalue weighted by Crippen LogP contribution is -2.37. The maximum atomic E-state index is 12.0. The lowest BCUT2D eigenvalue weighted by atomic mass is 10.3.